The smallest absolute Gasteiger partial charge is 0.342 e. The number of ether oxygens (including phenoxy) is 1. The van der Waals surface area contributed by atoms with Crippen LogP contribution in [0.4, 0.5) is 0 Å². The fourth-order valence-corrected chi connectivity index (χ4v) is 1.39. The van der Waals surface area contributed by atoms with Crippen molar-refractivity contribution in [1.29, 1.82) is 0 Å². The summed E-state index contributed by atoms with van der Waals surface area (Å²) >= 11 is 0. The highest BCUT2D eigenvalue weighted by molar-refractivity contribution is 5.53. The Morgan fingerprint density at radius 2 is 2.12 bits per heavy atom. The first-order chi connectivity index (χ1) is 7.65. The van der Waals surface area contributed by atoms with E-state index in [9.17, 15) is 9.90 Å². The van der Waals surface area contributed by atoms with Crippen molar-refractivity contribution in [3.63, 3.8) is 0 Å². The fraction of sp³-hybridized carbons (Fsp3) is 0.364. The molecular formula is C11H14O5. The van der Waals surface area contributed by atoms with Gasteiger partial charge in [0, 0.05) is 0 Å². The molecular weight excluding hydrogens is 212 g/mol. The molecule has 0 saturated heterocycles. The van der Waals surface area contributed by atoms with Gasteiger partial charge in [-0.05, 0) is 13.0 Å². The van der Waals surface area contributed by atoms with Gasteiger partial charge >= 0.3 is 5.63 Å². The van der Waals surface area contributed by atoms with Crippen LogP contribution in [-0.2, 0) is 6.61 Å². The summed E-state index contributed by atoms with van der Waals surface area (Å²) in [6, 6.07) is 0. The van der Waals surface area contributed by atoms with Crippen LogP contribution in [0.3, 0.4) is 0 Å². The lowest BCUT2D eigenvalue weighted by Gasteiger charge is -2.10. The maximum Gasteiger partial charge on any atom is 0.342 e. The second-order valence-electron chi connectivity index (χ2n) is 3.13. The van der Waals surface area contributed by atoms with Crippen molar-refractivity contribution in [2.45, 2.75) is 13.5 Å². The molecule has 0 fully saturated rings. The maximum atomic E-state index is 11.4. The van der Waals surface area contributed by atoms with Gasteiger partial charge in [0.15, 0.2) is 0 Å². The minimum absolute atomic E-state index is 0.176. The Kier molecular flexibility index (Phi) is 4.28. The third-order valence-electron chi connectivity index (χ3n) is 2.16. The van der Waals surface area contributed by atoms with E-state index in [1.165, 1.54) is 19.3 Å². The van der Waals surface area contributed by atoms with Crippen molar-refractivity contribution >= 4 is 6.08 Å². The van der Waals surface area contributed by atoms with E-state index in [-0.39, 0.29) is 19.0 Å². The maximum absolute atomic E-state index is 11.4. The second-order valence-corrected chi connectivity index (χ2v) is 3.13. The average Bonchev–Trinajstić information content (AvgIpc) is 2.29. The summed E-state index contributed by atoms with van der Waals surface area (Å²) in [5.41, 5.74) is 0.184. The molecule has 0 aromatic carbocycles. The molecule has 1 heterocycles. The Balaban J connectivity index is 3.43. The third kappa shape index (κ3) is 2.32. The number of rotatable bonds is 4. The first-order valence-corrected chi connectivity index (χ1v) is 4.74. The molecule has 2 N–H and O–H groups in total. The highest BCUT2D eigenvalue weighted by Gasteiger charge is 2.15. The third-order valence-corrected chi connectivity index (χ3v) is 2.16. The molecule has 0 spiro atoms. The van der Waals surface area contributed by atoms with Gasteiger partial charge in [-0.25, -0.2) is 4.79 Å². The lowest BCUT2D eigenvalue weighted by atomic mass is 10.1. The van der Waals surface area contributed by atoms with Gasteiger partial charge in [-0.2, -0.15) is 0 Å². The zero-order valence-corrected chi connectivity index (χ0v) is 9.19. The highest BCUT2D eigenvalue weighted by atomic mass is 16.5. The molecule has 88 valence electrons. The summed E-state index contributed by atoms with van der Waals surface area (Å²) in [4.78, 5) is 11.4. The van der Waals surface area contributed by atoms with Gasteiger partial charge in [0.2, 0.25) is 0 Å². The number of hydrogen-bond acceptors (Lipinski definition) is 5. The van der Waals surface area contributed by atoms with Crippen molar-refractivity contribution in [2.24, 2.45) is 0 Å². The van der Waals surface area contributed by atoms with Gasteiger partial charge < -0.3 is 19.4 Å². The summed E-state index contributed by atoms with van der Waals surface area (Å²) in [7, 11) is 1.42. The van der Waals surface area contributed by atoms with E-state index < -0.39 is 5.63 Å². The minimum atomic E-state index is -0.522. The van der Waals surface area contributed by atoms with Crippen LogP contribution >= 0.6 is 0 Å². The van der Waals surface area contributed by atoms with Crippen molar-refractivity contribution in [3.05, 3.63) is 33.4 Å². The molecule has 0 aliphatic carbocycles. The fourth-order valence-electron chi connectivity index (χ4n) is 1.39. The van der Waals surface area contributed by atoms with Crippen LogP contribution in [0, 0.1) is 6.92 Å². The van der Waals surface area contributed by atoms with E-state index in [0.29, 0.717) is 16.9 Å². The summed E-state index contributed by atoms with van der Waals surface area (Å²) in [5.74, 6) is 0.514. The van der Waals surface area contributed by atoms with Gasteiger partial charge in [0.25, 0.3) is 0 Å². The van der Waals surface area contributed by atoms with Gasteiger partial charge in [-0.15, -0.1) is 0 Å². The summed E-state index contributed by atoms with van der Waals surface area (Å²) in [6.07, 6.45) is 2.83. The molecule has 1 rings (SSSR count). The molecule has 0 unspecified atom stereocenters. The van der Waals surface area contributed by atoms with Crippen LogP contribution in [0.2, 0.25) is 0 Å². The zero-order valence-electron chi connectivity index (χ0n) is 9.19. The van der Waals surface area contributed by atoms with E-state index in [0.717, 1.165) is 0 Å². The first-order valence-electron chi connectivity index (χ1n) is 4.74. The summed E-state index contributed by atoms with van der Waals surface area (Å²) in [5, 5.41) is 17.8. The van der Waals surface area contributed by atoms with Crippen molar-refractivity contribution < 1.29 is 19.4 Å². The minimum Gasteiger partial charge on any atom is -0.496 e. The molecule has 1 aromatic heterocycles. The lowest BCUT2D eigenvalue weighted by Crippen LogP contribution is -2.10. The second kappa shape index (κ2) is 5.48. The van der Waals surface area contributed by atoms with Crippen LogP contribution in [-0.4, -0.2) is 23.9 Å². The van der Waals surface area contributed by atoms with Crippen molar-refractivity contribution in [1.82, 2.24) is 0 Å². The van der Waals surface area contributed by atoms with E-state index in [2.05, 4.69) is 0 Å². The van der Waals surface area contributed by atoms with Crippen LogP contribution in [0.25, 0.3) is 6.08 Å². The Morgan fingerprint density at radius 1 is 1.44 bits per heavy atom. The molecule has 1 aromatic rings. The number of aliphatic hydroxyl groups excluding tert-OH is 2. The van der Waals surface area contributed by atoms with E-state index in [4.69, 9.17) is 14.3 Å². The predicted octanol–water partition coefficient (Wildman–Crippen LogP) is 0.455. The zero-order chi connectivity index (χ0) is 12.1. The molecule has 0 radical (unpaired) electrons. The molecule has 0 saturated carbocycles. The first kappa shape index (κ1) is 12.5. The number of methoxy groups -OCH3 is 1. The molecule has 0 amide bonds. The van der Waals surface area contributed by atoms with E-state index in [1.54, 1.807) is 6.92 Å². The SMILES string of the molecule is COc1c(CO)c(C=CCO)oc(=O)c1C. The Bertz CT molecular complexity index is 444. The van der Waals surface area contributed by atoms with E-state index in [1.807, 2.05) is 0 Å². The standard InChI is InChI=1S/C11H14O5/c1-7-10(15-2)8(6-13)9(4-3-5-12)16-11(7)14/h3-4,12-13H,5-6H2,1-2H3. The normalized spacial score (nSPS) is 11.0. The molecule has 0 aliphatic rings. The molecule has 16 heavy (non-hydrogen) atoms. The quantitative estimate of drug-likeness (QED) is 0.779. The summed E-state index contributed by atoms with van der Waals surface area (Å²) in [6.45, 7) is 1.08. The Hall–Kier alpha value is -1.59. The van der Waals surface area contributed by atoms with E-state index >= 15 is 0 Å². The number of hydrogen-bond donors (Lipinski definition) is 2. The van der Waals surface area contributed by atoms with Crippen LogP contribution in [0.1, 0.15) is 16.9 Å². The predicted molar refractivity (Wildman–Crippen MR) is 58.3 cm³/mol. The monoisotopic (exact) mass is 226 g/mol. The molecule has 5 nitrogen and oxygen atoms in total. The van der Waals surface area contributed by atoms with Gasteiger partial charge in [0.05, 0.1) is 31.5 Å². The van der Waals surface area contributed by atoms with Gasteiger partial charge in [-0.3, -0.25) is 0 Å². The van der Waals surface area contributed by atoms with Gasteiger partial charge in [0.1, 0.15) is 11.5 Å². The Morgan fingerprint density at radius 3 is 2.62 bits per heavy atom. The van der Waals surface area contributed by atoms with Crippen LogP contribution in [0.15, 0.2) is 15.3 Å². The van der Waals surface area contributed by atoms with Crippen molar-refractivity contribution in [2.75, 3.05) is 13.7 Å². The highest BCUT2D eigenvalue weighted by Crippen LogP contribution is 2.24. The van der Waals surface area contributed by atoms with Crippen LogP contribution in [0.5, 0.6) is 5.75 Å². The largest absolute Gasteiger partial charge is 0.496 e. The average molecular weight is 226 g/mol. The molecule has 5 heteroatoms. The number of aliphatic hydroxyl groups is 2. The van der Waals surface area contributed by atoms with Gasteiger partial charge in [-0.1, -0.05) is 6.08 Å². The topological polar surface area (TPSA) is 79.9 Å². The molecule has 0 bridgehead atoms. The Labute approximate surface area is 92.6 Å². The molecule has 0 atom stereocenters. The lowest BCUT2D eigenvalue weighted by molar-refractivity contribution is 0.266. The van der Waals surface area contributed by atoms with Crippen molar-refractivity contribution in [3.8, 4) is 5.75 Å². The summed E-state index contributed by atoms with van der Waals surface area (Å²) < 4.78 is 10.0. The molecule has 0 aliphatic heterocycles. The van der Waals surface area contributed by atoms with Crippen LogP contribution < -0.4 is 10.4 Å².